The molecule has 41 heavy (non-hydrogen) atoms. The summed E-state index contributed by atoms with van der Waals surface area (Å²) in [5.74, 6) is -0.794. The summed E-state index contributed by atoms with van der Waals surface area (Å²) in [6.45, 7) is 7.24. The van der Waals surface area contributed by atoms with Gasteiger partial charge in [0.05, 0.1) is 13.0 Å². The van der Waals surface area contributed by atoms with E-state index in [1.54, 1.807) is 6.92 Å². The Balaban J connectivity index is 1.77. The van der Waals surface area contributed by atoms with E-state index >= 15 is 0 Å². The number of carbonyl (C=O) groups is 3. The number of ether oxygens (including phenoxy) is 6. The maximum atomic E-state index is 13.4. The van der Waals surface area contributed by atoms with Crippen LogP contribution in [-0.2, 0) is 23.8 Å². The van der Waals surface area contributed by atoms with Crippen LogP contribution in [0.25, 0.3) is 0 Å². The minimum Gasteiger partial charge on any atom is -0.493 e. The minimum absolute atomic E-state index is 0.0103. The van der Waals surface area contributed by atoms with Crippen LogP contribution in [-0.4, -0.2) is 61.5 Å². The fourth-order valence-electron chi connectivity index (χ4n) is 4.62. The average molecular weight is 572 g/mol. The number of hydrogen-bond acceptors (Lipinski definition) is 10. The Morgan fingerprint density at radius 2 is 1.83 bits per heavy atom. The number of cyclic esters (lactones) is 1. The number of ketones is 1. The molecule has 0 bridgehead atoms. The summed E-state index contributed by atoms with van der Waals surface area (Å²) in [6.07, 6.45) is 2.51. The zero-order chi connectivity index (χ0) is 29.8. The monoisotopic (exact) mass is 571 g/mol. The van der Waals surface area contributed by atoms with Crippen LogP contribution in [0.1, 0.15) is 70.3 Å². The highest BCUT2D eigenvalue weighted by atomic mass is 16.7. The third-order valence-electron chi connectivity index (χ3n) is 6.66. The average Bonchev–Trinajstić information content (AvgIpc) is 2.94. The van der Waals surface area contributed by atoms with Crippen molar-refractivity contribution >= 4 is 17.7 Å². The molecule has 0 saturated carbocycles. The Kier molecular flexibility index (Phi) is 12.4. The molecule has 1 aliphatic rings. The summed E-state index contributed by atoms with van der Waals surface area (Å²) in [7, 11) is 1.43. The summed E-state index contributed by atoms with van der Waals surface area (Å²) in [4.78, 5) is 42.2. The van der Waals surface area contributed by atoms with Crippen molar-refractivity contribution in [1.29, 1.82) is 0 Å². The molecule has 224 valence electrons. The molecular formula is C31H41NO9. The zero-order valence-corrected chi connectivity index (χ0v) is 24.5. The molecule has 4 atom stereocenters. The lowest BCUT2D eigenvalue weighted by Gasteiger charge is -2.34. The second kappa shape index (κ2) is 16.0. The van der Waals surface area contributed by atoms with Gasteiger partial charge in [0.1, 0.15) is 24.1 Å². The van der Waals surface area contributed by atoms with Crippen LogP contribution in [0.5, 0.6) is 17.2 Å². The standard InChI is InChI=1S/C31H41NO9/c1-20(2)18-37-29-21(3)40-31(35)23(11-9-10-14-27(29)41-24-12-7-6-8-13-24)17-25(34)28-30(39-19-38-22(4)33)26(36-5)15-16-32-28/h6-8,12-13,15-16,20-21,23,27,29H,9-11,14,17-19H2,1-5H3/t21-,23+,27-,29-/m0/s1. The van der Waals surface area contributed by atoms with Gasteiger partial charge in [-0.2, -0.15) is 0 Å². The van der Waals surface area contributed by atoms with E-state index in [2.05, 4.69) is 18.8 Å². The molecule has 1 aromatic carbocycles. The number of nitrogens with zero attached hydrogens (tertiary/aromatic N) is 1. The van der Waals surface area contributed by atoms with Gasteiger partial charge in [0.2, 0.25) is 6.79 Å². The van der Waals surface area contributed by atoms with E-state index in [4.69, 9.17) is 28.4 Å². The maximum absolute atomic E-state index is 13.4. The summed E-state index contributed by atoms with van der Waals surface area (Å²) in [5, 5.41) is 0. The van der Waals surface area contributed by atoms with Crippen LogP contribution in [0.4, 0.5) is 0 Å². The highest BCUT2D eigenvalue weighted by Crippen LogP contribution is 2.32. The van der Waals surface area contributed by atoms with Crippen LogP contribution in [0.15, 0.2) is 42.6 Å². The number of methoxy groups -OCH3 is 1. The summed E-state index contributed by atoms with van der Waals surface area (Å²) in [6, 6.07) is 11.1. The van der Waals surface area contributed by atoms with E-state index in [9.17, 15) is 14.4 Å². The number of Topliss-reactive ketones (excluding diaryl/α,β-unsaturated/α-hetero) is 1. The SMILES string of the molecule is COc1ccnc(C(=O)C[C@H]2CCCC[C@H](Oc3ccccc3)[C@@H](OCC(C)C)[C@H](C)OC2=O)c1OCOC(C)=O. The fraction of sp³-hybridized carbons (Fsp3) is 0.548. The molecule has 0 spiro atoms. The van der Waals surface area contributed by atoms with Gasteiger partial charge in [-0.15, -0.1) is 0 Å². The van der Waals surface area contributed by atoms with E-state index in [0.717, 1.165) is 12.2 Å². The van der Waals surface area contributed by atoms with E-state index in [1.165, 1.54) is 26.3 Å². The van der Waals surface area contributed by atoms with Crippen molar-refractivity contribution < 1.29 is 42.8 Å². The van der Waals surface area contributed by atoms with Crippen molar-refractivity contribution in [3.05, 3.63) is 48.3 Å². The smallest absolute Gasteiger partial charge is 0.309 e. The third kappa shape index (κ3) is 9.74. The van der Waals surface area contributed by atoms with Gasteiger partial charge in [0.25, 0.3) is 0 Å². The number of hydrogen-bond donors (Lipinski definition) is 0. The number of para-hydroxylation sites is 1. The predicted molar refractivity (Wildman–Crippen MR) is 150 cm³/mol. The number of esters is 2. The van der Waals surface area contributed by atoms with Crippen molar-refractivity contribution in [1.82, 2.24) is 4.98 Å². The van der Waals surface area contributed by atoms with Crippen LogP contribution in [0, 0.1) is 11.8 Å². The van der Waals surface area contributed by atoms with E-state index in [0.29, 0.717) is 25.9 Å². The molecule has 2 heterocycles. The Hall–Kier alpha value is -3.66. The molecule has 0 N–H and O–H groups in total. The van der Waals surface area contributed by atoms with Gasteiger partial charge < -0.3 is 28.4 Å². The Bertz CT molecular complexity index is 1140. The molecule has 0 amide bonds. The molecule has 0 radical (unpaired) electrons. The van der Waals surface area contributed by atoms with Gasteiger partial charge in [-0.25, -0.2) is 4.98 Å². The lowest BCUT2D eigenvalue weighted by Crippen LogP contribution is -2.45. The molecule has 0 aliphatic carbocycles. The van der Waals surface area contributed by atoms with Gasteiger partial charge in [0, 0.05) is 32.2 Å². The van der Waals surface area contributed by atoms with Crippen LogP contribution in [0.3, 0.4) is 0 Å². The number of aromatic nitrogens is 1. The second-order valence-corrected chi connectivity index (χ2v) is 10.5. The van der Waals surface area contributed by atoms with Crippen LogP contribution >= 0.6 is 0 Å². The first-order valence-electron chi connectivity index (χ1n) is 14.1. The zero-order valence-electron chi connectivity index (χ0n) is 24.5. The molecule has 2 aromatic rings. The van der Waals surface area contributed by atoms with Gasteiger partial charge in [-0.05, 0) is 44.2 Å². The van der Waals surface area contributed by atoms with Gasteiger partial charge in [0.15, 0.2) is 23.0 Å². The normalized spacial score (nSPS) is 21.5. The summed E-state index contributed by atoms with van der Waals surface area (Å²) >= 11 is 0. The van der Waals surface area contributed by atoms with Crippen molar-refractivity contribution in [2.24, 2.45) is 11.8 Å². The quantitative estimate of drug-likeness (QED) is 0.192. The highest BCUT2D eigenvalue weighted by Gasteiger charge is 2.36. The maximum Gasteiger partial charge on any atom is 0.309 e. The lowest BCUT2D eigenvalue weighted by molar-refractivity contribution is -0.169. The van der Waals surface area contributed by atoms with Crippen molar-refractivity contribution in [2.45, 2.75) is 78.1 Å². The first-order valence-corrected chi connectivity index (χ1v) is 14.1. The molecule has 1 saturated heterocycles. The number of carbonyl (C=O) groups excluding carboxylic acids is 3. The Labute approximate surface area is 241 Å². The molecule has 0 unspecified atom stereocenters. The fourth-order valence-corrected chi connectivity index (χ4v) is 4.62. The predicted octanol–water partition coefficient (Wildman–Crippen LogP) is 5.17. The number of pyridine rings is 1. The first kappa shape index (κ1) is 31.9. The third-order valence-corrected chi connectivity index (χ3v) is 6.66. The van der Waals surface area contributed by atoms with Gasteiger partial charge in [-0.3, -0.25) is 14.4 Å². The first-order chi connectivity index (χ1) is 19.7. The minimum atomic E-state index is -0.684. The molecular weight excluding hydrogens is 530 g/mol. The number of rotatable bonds is 12. The Morgan fingerprint density at radius 1 is 1.10 bits per heavy atom. The highest BCUT2D eigenvalue weighted by molar-refractivity contribution is 5.99. The van der Waals surface area contributed by atoms with Crippen molar-refractivity contribution in [3.63, 3.8) is 0 Å². The molecule has 3 rings (SSSR count). The van der Waals surface area contributed by atoms with Gasteiger partial charge in [-0.1, -0.05) is 38.5 Å². The largest absolute Gasteiger partial charge is 0.493 e. The molecule has 10 heteroatoms. The second-order valence-electron chi connectivity index (χ2n) is 10.5. The molecule has 10 nitrogen and oxygen atoms in total. The molecule has 1 aliphatic heterocycles. The van der Waals surface area contributed by atoms with Crippen LogP contribution < -0.4 is 14.2 Å². The summed E-state index contributed by atoms with van der Waals surface area (Å²) < 4.78 is 34.2. The molecule has 1 fully saturated rings. The lowest BCUT2D eigenvalue weighted by atomic mass is 9.92. The Morgan fingerprint density at radius 3 is 2.51 bits per heavy atom. The van der Waals surface area contributed by atoms with Crippen molar-refractivity contribution in [3.8, 4) is 17.2 Å². The van der Waals surface area contributed by atoms with E-state index < -0.39 is 42.6 Å². The molecule has 1 aromatic heterocycles. The van der Waals surface area contributed by atoms with Gasteiger partial charge >= 0.3 is 11.9 Å². The van der Waals surface area contributed by atoms with E-state index in [-0.39, 0.29) is 35.6 Å². The van der Waals surface area contributed by atoms with E-state index in [1.807, 2.05) is 30.3 Å². The summed E-state index contributed by atoms with van der Waals surface area (Å²) in [5.41, 5.74) is -0.0103. The number of benzene rings is 1. The van der Waals surface area contributed by atoms with Crippen molar-refractivity contribution in [2.75, 3.05) is 20.5 Å². The van der Waals surface area contributed by atoms with Crippen LogP contribution in [0.2, 0.25) is 0 Å². The topological polar surface area (TPSA) is 119 Å².